The van der Waals surface area contributed by atoms with Gasteiger partial charge in [-0.1, -0.05) is 5.57 Å². The number of nitrogens with one attached hydrogen (secondary N) is 2. The minimum absolute atomic E-state index is 0.150. The Bertz CT molecular complexity index is 1270. The van der Waals surface area contributed by atoms with Gasteiger partial charge >= 0.3 is 0 Å². The fraction of sp³-hybridized carbons (Fsp3) is 0.190. The van der Waals surface area contributed by atoms with Gasteiger partial charge in [-0.15, -0.1) is 0 Å². The molecule has 0 bridgehead atoms. The van der Waals surface area contributed by atoms with Gasteiger partial charge in [-0.05, 0) is 62.6 Å². The summed E-state index contributed by atoms with van der Waals surface area (Å²) in [6.45, 7) is 4.01. The van der Waals surface area contributed by atoms with Crippen molar-refractivity contribution in [3.63, 3.8) is 0 Å². The molecule has 3 aromatic heterocycles. The van der Waals surface area contributed by atoms with E-state index in [0.29, 0.717) is 17.1 Å². The number of imidazole rings is 1. The Hall–Kier alpha value is -3.61. The molecule has 7 nitrogen and oxygen atoms in total. The summed E-state index contributed by atoms with van der Waals surface area (Å²) >= 11 is 0. The minimum atomic E-state index is -0.150. The van der Waals surface area contributed by atoms with Crippen LogP contribution in [0.5, 0.6) is 0 Å². The van der Waals surface area contributed by atoms with E-state index in [0.717, 1.165) is 41.1 Å². The number of allylic oxidation sites excluding steroid dienone is 1. The number of benzene rings is 1. The van der Waals surface area contributed by atoms with E-state index in [1.165, 1.54) is 17.3 Å². The first-order valence-electron chi connectivity index (χ1n) is 9.23. The number of aromatic nitrogens is 5. The lowest BCUT2D eigenvalue weighted by molar-refractivity contribution is 0.103. The third-order valence-electron chi connectivity index (χ3n) is 5.24. The number of fused-ring (bicyclic) bond motifs is 2. The largest absolute Gasteiger partial charge is 0.383 e. The van der Waals surface area contributed by atoms with E-state index >= 15 is 0 Å². The van der Waals surface area contributed by atoms with Crippen molar-refractivity contribution in [1.82, 2.24) is 24.7 Å². The second kappa shape index (κ2) is 5.95. The van der Waals surface area contributed by atoms with Gasteiger partial charge < -0.3 is 15.7 Å². The Kier molecular flexibility index (Phi) is 3.52. The Morgan fingerprint density at radius 1 is 1.18 bits per heavy atom. The van der Waals surface area contributed by atoms with Gasteiger partial charge in [-0.25, -0.2) is 9.67 Å². The molecule has 7 heteroatoms. The van der Waals surface area contributed by atoms with Crippen LogP contribution in [0.25, 0.3) is 22.8 Å². The molecule has 1 aliphatic carbocycles. The van der Waals surface area contributed by atoms with Crippen LogP contribution in [0.4, 0.5) is 5.82 Å². The molecule has 0 aliphatic heterocycles. The van der Waals surface area contributed by atoms with Gasteiger partial charge in [0.2, 0.25) is 5.78 Å². The molecule has 28 heavy (non-hydrogen) atoms. The molecule has 4 aromatic rings. The van der Waals surface area contributed by atoms with Crippen LogP contribution in [0, 0.1) is 6.92 Å². The van der Waals surface area contributed by atoms with Crippen LogP contribution in [-0.2, 0) is 6.42 Å². The second-order valence-electron chi connectivity index (χ2n) is 7.32. The average Bonchev–Trinajstić information content (AvgIpc) is 3.35. The SMILES string of the molecule is CC1=Cc2[nH]c(C(=O)c3cnn(-c4ccc5nc(C)[nH]c5c4)c3N)cc2CC1. The molecule has 0 saturated heterocycles. The Labute approximate surface area is 161 Å². The highest BCUT2D eigenvalue weighted by atomic mass is 16.1. The molecule has 0 atom stereocenters. The van der Waals surface area contributed by atoms with Gasteiger partial charge in [-0.3, -0.25) is 4.79 Å². The highest BCUT2D eigenvalue weighted by Crippen LogP contribution is 2.27. The van der Waals surface area contributed by atoms with Crippen LogP contribution < -0.4 is 5.73 Å². The van der Waals surface area contributed by atoms with Crippen molar-refractivity contribution in [2.75, 3.05) is 5.73 Å². The lowest BCUT2D eigenvalue weighted by Crippen LogP contribution is -2.07. The summed E-state index contributed by atoms with van der Waals surface area (Å²) in [7, 11) is 0. The lowest BCUT2D eigenvalue weighted by Gasteiger charge is -2.08. The Morgan fingerprint density at radius 3 is 2.89 bits per heavy atom. The van der Waals surface area contributed by atoms with Gasteiger partial charge in [0.1, 0.15) is 11.6 Å². The van der Waals surface area contributed by atoms with Gasteiger partial charge in [0.25, 0.3) is 0 Å². The van der Waals surface area contributed by atoms with Crippen molar-refractivity contribution >= 4 is 28.7 Å². The van der Waals surface area contributed by atoms with E-state index in [9.17, 15) is 4.79 Å². The minimum Gasteiger partial charge on any atom is -0.383 e. The molecule has 1 aliphatic rings. The van der Waals surface area contributed by atoms with Crippen LogP contribution in [-0.4, -0.2) is 30.5 Å². The number of hydrogen-bond donors (Lipinski definition) is 3. The smallest absolute Gasteiger partial charge is 0.214 e. The highest BCUT2D eigenvalue weighted by molar-refractivity contribution is 6.11. The number of rotatable bonds is 3. The fourth-order valence-electron chi connectivity index (χ4n) is 3.76. The summed E-state index contributed by atoms with van der Waals surface area (Å²) in [5.41, 5.74) is 13.3. The van der Waals surface area contributed by atoms with Crippen LogP contribution in [0.3, 0.4) is 0 Å². The van der Waals surface area contributed by atoms with Crippen molar-refractivity contribution in [2.45, 2.75) is 26.7 Å². The summed E-state index contributed by atoms with van der Waals surface area (Å²) < 4.78 is 1.58. The molecule has 3 heterocycles. The molecule has 4 N–H and O–H groups in total. The van der Waals surface area contributed by atoms with Gasteiger partial charge in [0.15, 0.2) is 0 Å². The highest BCUT2D eigenvalue weighted by Gasteiger charge is 2.21. The summed E-state index contributed by atoms with van der Waals surface area (Å²) in [5, 5.41) is 4.35. The maximum Gasteiger partial charge on any atom is 0.214 e. The molecule has 0 amide bonds. The predicted molar refractivity (Wildman–Crippen MR) is 109 cm³/mol. The van der Waals surface area contributed by atoms with E-state index in [-0.39, 0.29) is 5.78 Å². The number of nitrogen functional groups attached to an aromatic ring is 1. The number of nitrogens with zero attached hydrogens (tertiary/aromatic N) is 3. The molecule has 140 valence electrons. The van der Waals surface area contributed by atoms with Crippen molar-refractivity contribution in [1.29, 1.82) is 0 Å². The molecule has 0 fully saturated rings. The maximum absolute atomic E-state index is 13.0. The third kappa shape index (κ3) is 2.55. The zero-order valence-corrected chi connectivity index (χ0v) is 15.7. The number of nitrogens with two attached hydrogens (primary N) is 1. The van der Waals surface area contributed by atoms with Gasteiger partial charge in [-0.2, -0.15) is 5.10 Å². The van der Waals surface area contributed by atoms with Gasteiger partial charge in [0, 0.05) is 5.69 Å². The molecule has 5 rings (SSSR count). The Morgan fingerprint density at radius 2 is 2.04 bits per heavy atom. The van der Waals surface area contributed by atoms with Crippen molar-refractivity contribution in [2.24, 2.45) is 0 Å². The predicted octanol–water partition coefficient (Wildman–Crippen LogP) is 3.55. The second-order valence-corrected chi connectivity index (χ2v) is 7.32. The monoisotopic (exact) mass is 372 g/mol. The summed E-state index contributed by atoms with van der Waals surface area (Å²) in [6, 6.07) is 7.65. The molecule has 0 radical (unpaired) electrons. The number of carbonyl (C=O) groups excluding carboxylic acids is 1. The number of anilines is 1. The third-order valence-corrected chi connectivity index (χ3v) is 5.24. The van der Waals surface area contributed by atoms with E-state index in [2.05, 4.69) is 33.1 Å². The quantitative estimate of drug-likeness (QED) is 0.478. The summed E-state index contributed by atoms with van der Waals surface area (Å²) in [4.78, 5) is 23.9. The van der Waals surface area contributed by atoms with E-state index < -0.39 is 0 Å². The molecule has 0 saturated carbocycles. The number of ketones is 1. The van der Waals surface area contributed by atoms with E-state index in [4.69, 9.17) is 5.73 Å². The number of H-pyrrole nitrogens is 2. The summed E-state index contributed by atoms with van der Waals surface area (Å²) in [5.74, 6) is 1.01. The zero-order chi connectivity index (χ0) is 19.4. The summed E-state index contributed by atoms with van der Waals surface area (Å²) in [6.07, 6.45) is 5.60. The number of aromatic amines is 2. The number of hydrogen-bond acceptors (Lipinski definition) is 4. The molecular formula is C21H20N6O. The van der Waals surface area contributed by atoms with Crippen LogP contribution in [0.1, 0.15) is 46.5 Å². The number of aryl methyl sites for hydroxylation is 2. The van der Waals surface area contributed by atoms with E-state index in [1.54, 1.807) is 4.68 Å². The van der Waals surface area contributed by atoms with Crippen molar-refractivity contribution in [3.8, 4) is 5.69 Å². The Balaban J connectivity index is 1.52. The lowest BCUT2D eigenvalue weighted by atomic mass is 9.98. The van der Waals surface area contributed by atoms with Crippen LogP contribution >= 0.6 is 0 Å². The maximum atomic E-state index is 13.0. The standard InChI is InChI=1S/C21H20N6O/c1-11-3-4-13-8-19(26-17(13)7-11)20(28)15-10-23-27(21(15)22)14-5-6-16-18(9-14)25-12(2)24-16/h5-10,26H,3-4,22H2,1-2H3,(H,24,25). The zero-order valence-electron chi connectivity index (χ0n) is 15.7. The molecule has 1 aromatic carbocycles. The fourth-order valence-corrected chi connectivity index (χ4v) is 3.76. The van der Waals surface area contributed by atoms with Crippen LogP contribution in [0.15, 0.2) is 36.0 Å². The van der Waals surface area contributed by atoms with Crippen LogP contribution in [0.2, 0.25) is 0 Å². The first-order valence-corrected chi connectivity index (χ1v) is 9.23. The molecular weight excluding hydrogens is 352 g/mol. The van der Waals surface area contributed by atoms with Gasteiger partial charge in [0.05, 0.1) is 34.2 Å². The molecule has 0 spiro atoms. The first kappa shape index (κ1) is 16.6. The first-order chi connectivity index (χ1) is 13.5. The van der Waals surface area contributed by atoms with Crippen molar-refractivity contribution in [3.05, 3.63) is 64.4 Å². The average molecular weight is 372 g/mol. The van der Waals surface area contributed by atoms with E-state index in [1.807, 2.05) is 31.2 Å². The normalized spacial score (nSPS) is 13.6. The number of carbonyl (C=O) groups is 1. The van der Waals surface area contributed by atoms with Crippen molar-refractivity contribution < 1.29 is 4.79 Å². The molecule has 0 unspecified atom stereocenters. The topological polar surface area (TPSA) is 105 Å².